The first-order valence-electron chi connectivity index (χ1n) is 18.8. The van der Waals surface area contributed by atoms with Crippen LogP contribution in [0.2, 0.25) is 0 Å². The highest BCUT2D eigenvalue weighted by Gasteiger charge is 2.24. The lowest BCUT2D eigenvalue weighted by atomic mass is 10.00. The van der Waals surface area contributed by atoms with Crippen LogP contribution in [0.25, 0.3) is 82.5 Å². The molecule has 2 heterocycles. The molecular weight excluding hydrogens is 669 g/mol. The van der Waals surface area contributed by atoms with E-state index in [1.54, 1.807) is 0 Å². The maximum atomic E-state index is 6.47. The molecule has 0 radical (unpaired) electrons. The second-order valence-corrected chi connectivity index (χ2v) is 14.1. The van der Waals surface area contributed by atoms with E-state index in [4.69, 9.17) is 4.42 Å². The lowest BCUT2D eigenvalue weighted by molar-refractivity contribution is 0.669. The van der Waals surface area contributed by atoms with E-state index in [1.807, 2.05) is 12.1 Å². The topological polar surface area (TPSA) is 21.3 Å². The van der Waals surface area contributed by atoms with Crippen LogP contribution < -0.4 is 4.90 Å². The summed E-state index contributed by atoms with van der Waals surface area (Å²) in [6, 6.07) is 74.0. The first kappa shape index (κ1) is 31.2. The minimum absolute atomic E-state index is 0.866. The number of aromatic nitrogens is 1. The number of furan rings is 1. The molecule has 11 aromatic rings. The third kappa shape index (κ3) is 5.13. The molecule has 0 spiro atoms. The second kappa shape index (κ2) is 12.6. The Morgan fingerprint density at radius 1 is 0.382 bits per heavy atom. The molecule has 258 valence electrons. The van der Waals surface area contributed by atoms with Crippen molar-refractivity contribution in [2.45, 2.75) is 0 Å². The number of benzene rings is 9. The molecule has 3 heteroatoms. The van der Waals surface area contributed by atoms with Crippen molar-refractivity contribution in [3.63, 3.8) is 0 Å². The summed E-state index contributed by atoms with van der Waals surface area (Å²) >= 11 is 0. The van der Waals surface area contributed by atoms with Gasteiger partial charge in [-0.3, -0.25) is 0 Å². The van der Waals surface area contributed by atoms with Crippen LogP contribution in [0.15, 0.2) is 211 Å². The van der Waals surface area contributed by atoms with Gasteiger partial charge in [-0.25, -0.2) is 0 Å². The van der Waals surface area contributed by atoms with Gasteiger partial charge in [0.1, 0.15) is 11.2 Å². The smallest absolute Gasteiger partial charge is 0.137 e. The molecule has 0 saturated heterocycles. The van der Waals surface area contributed by atoms with Gasteiger partial charge in [-0.15, -0.1) is 0 Å². The zero-order chi connectivity index (χ0) is 36.3. The van der Waals surface area contributed by atoms with Gasteiger partial charge >= 0.3 is 0 Å². The minimum Gasteiger partial charge on any atom is -0.456 e. The predicted octanol–water partition coefficient (Wildman–Crippen LogP) is 14.6. The fourth-order valence-corrected chi connectivity index (χ4v) is 8.41. The molecule has 0 amide bonds. The summed E-state index contributed by atoms with van der Waals surface area (Å²) in [6.45, 7) is 0. The summed E-state index contributed by atoms with van der Waals surface area (Å²) in [5.74, 6) is 0. The van der Waals surface area contributed by atoms with Crippen molar-refractivity contribution in [1.29, 1.82) is 0 Å². The van der Waals surface area contributed by atoms with E-state index in [1.165, 1.54) is 49.3 Å². The van der Waals surface area contributed by atoms with Crippen molar-refractivity contribution >= 4 is 71.6 Å². The first-order chi connectivity index (χ1) is 27.3. The quantitative estimate of drug-likeness (QED) is 0.172. The van der Waals surface area contributed by atoms with Gasteiger partial charge in [-0.2, -0.15) is 0 Å². The molecule has 0 aliphatic rings. The van der Waals surface area contributed by atoms with Crippen molar-refractivity contribution in [3.8, 4) is 27.9 Å². The van der Waals surface area contributed by atoms with Crippen molar-refractivity contribution < 1.29 is 4.42 Å². The standard InChI is InChI=1S/C52H34N2O/c1-4-14-35(15-5-1)37-24-27-41(28-25-37)54-47-32-38(36-16-6-2-7-17-36)26-30-46(47)51-48(33-39-18-10-11-21-43(39)52(51)54)53(40-19-8-3-9-20-40)42-29-31-45-44-22-12-13-23-49(44)55-50(45)34-42/h1-34H. The Balaban J connectivity index is 1.24. The molecule has 11 rings (SSSR count). The van der Waals surface area contributed by atoms with Crippen LogP contribution >= 0.6 is 0 Å². The van der Waals surface area contributed by atoms with E-state index in [0.29, 0.717) is 0 Å². The van der Waals surface area contributed by atoms with Crippen molar-refractivity contribution in [3.05, 3.63) is 206 Å². The van der Waals surface area contributed by atoms with Gasteiger partial charge in [0.25, 0.3) is 0 Å². The molecule has 0 unspecified atom stereocenters. The maximum Gasteiger partial charge on any atom is 0.137 e. The fraction of sp³-hybridized carbons (Fsp3) is 0. The second-order valence-electron chi connectivity index (χ2n) is 14.1. The molecule has 0 N–H and O–H groups in total. The Bertz CT molecular complexity index is 3180. The molecule has 0 saturated carbocycles. The van der Waals surface area contributed by atoms with Gasteiger partial charge in [-0.1, -0.05) is 146 Å². The molecule has 2 aromatic heterocycles. The molecule has 9 aromatic carbocycles. The van der Waals surface area contributed by atoms with Crippen LogP contribution in [0.3, 0.4) is 0 Å². The monoisotopic (exact) mass is 702 g/mol. The highest BCUT2D eigenvalue weighted by atomic mass is 16.3. The van der Waals surface area contributed by atoms with Gasteiger partial charge in [0.05, 0.1) is 16.7 Å². The van der Waals surface area contributed by atoms with Crippen LogP contribution in [-0.2, 0) is 0 Å². The van der Waals surface area contributed by atoms with Crippen LogP contribution in [0, 0.1) is 0 Å². The Kier molecular flexibility index (Phi) is 7.17. The van der Waals surface area contributed by atoms with E-state index in [0.717, 1.165) is 50.2 Å². The number of rotatable bonds is 6. The largest absolute Gasteiger partial charge is 0.456 e. The van der Waals surface area contributed by atoms with Crippen molar-refractivity contribution in [2.75, 3.05) is 4.90 Å². The molecule has 0 aliphatic carbocycles. The average Bonchev–Trinajstić information content (AvgIpc) is 3.81. The number of hydrogen-bond donors (Lipinski definition) is 0. The number of hydrogen-bond acceptors (Lipinski definition) is 2. The van der Waals surface area contributed by atoms with Crippen LogP contribution in [0.4, 0.5) is 17.1 Å². The third-order valence-corrected chi connectivity index (χ3v) is 10.9. The van der Waals surface area contributed by atoms with Crippen molar-refractivity contribution in [1.82, 2.24) is 4.57 Å². The maximum absolute atomic E-state index is 6.47. The van der Waals surface area contributed by atoms with E-state index in [-0.39, 0.29) is 0 Å². The van der Waals surface area contributed by atoms with Gasteiger partial charge in [0, 0.05) is 50.1 Å². The van der Waals surface area contributed by atoms with E-state index < -0.39 is 0 Å². The highest BCUT2D eigenvalue weighted by Crippen LogP contribution is 2.48. The molecule has 0 bridgehead atoms. The number of nitrogens with zero attached hydrogens (tertiary/aromatic N) is 2. The molecule has 0 atom stereocenters. The minimum atomic E-state index is 0.866. The van der Waals surface area contributed by atoms with Gasteiger partial charge < -0.3 is 13.9 Å². The Morgan fingerprint density at radius 2 is 0.964 bits per heavy atom. The van der Waals surface area contributed by atoms with Crippen LogP contribution in [-0.4, -0.2) is 4.57 Å². The molecule has 0 fully saturated rings. The molecule has 55 heavy (non-hydrogen) atoms. The van der Waals surface area contributed by atoms with Gasteiger partial charge in [-0.05, 0) is 82.2 Å². The third-order valence-electron chi connectivity index (χ3n) is 10.9. The van der Waals surface area contributed by atoms with Crippen LogP contribution in [0.1, 0.15) is 0 Å². The Labute approximate surface area is 318 Å². The Morgan fingerprint density at radius 3 is 1.73 bits per heavy atom. The van der Waals surface area contributed by atoms with Crippen molar-refractivity contribution in [2.24, 2.45) is 0 Å². The number of para-hydroxylation sites is 2. The Hall–Kier alpha value is -7.36. The summed E-state index contributed by atoms with van der Waals surface area (Å²) < 4.78 is 8.95. The van der Waals surface area contributed by atoms with Gasteiger partial charge in [0.2, 0.25) is 0 Å². The lowest BCUT2D eigenvalue weighted by Crippen LogP contribution is -2.10. The van der Waals surface area contributed by atoms with Gasteiger partial charge in [0.15, 0.2) is 0 Å². The summed E-state index contributed by atoms with van der Waals surface area (Å²) in [4.78, 5) is 2.40. The lowest BCUT2D eigenvalue weighted by Gasteiger charge is -2.27. The summed E-state index contributed by atoms with van der Waals surface area (Å²) in [5, 5.41) is 6.98. The average molecular weight is 703 g/mol. The molecule has 3 nitrogen and oxygen atoms in total. The van der Waals surface area contributed by atoms with E-state index in [9.17, 15) is 0 Å². The normalized spacial score (nSPS) is 11.6. The van der Waals surface area contributed by atoms with E-state index >= 15 is 0 Å². The zero-order valence-electron chi connectivity index (χ0n) is 29.9. The molecular formula is C52H34N2O. The summed E-state index contributed by atoms with van der Waals surface area (Å²) in [5.41, 5.74) is 13.2. The fourth-order valence-electron chi connectivity index (χ4n) is 8.41. The number of anilines is 3. The molecule has 0 aliphatic heterocycles. The van der Waals surface area contributed by atoms with Crippen LogP contribution in [0.5, 0.6) is 0 Å². The summed E-state index contributed by atoms with van der Waals surface area (Å²) in [7, 11) is 0. The number of fused-ring (bicyclic) bond motifs is 8. The van der Waals surface area contributed by atoms with E-state index in [2.05, 4.69) is 204 Å². The first-order valence-corrected chi connectivity index (χ1v) is 18.8. The zero-order valence-corrected chi connectivity index (χ0v) is 29.9. The summed E-state index contributed by atoms with van der Waals surface area (Å²) in [6.07, 6.45) is 0. The predicted molar refractivity (Wildman–Crippen MR) is 231 cm³/mol. The SMILES string of the molecule is c1ccc(-c2ccc(-n3c4cc(-c5ccccc5)ccc4c4c(N(c5ccccc5)c5ccc6c(c5)oc5ccccc56)cc5ccccc5c43)cc2)cc1. The highest BCUT2D eigenvalue weighted by molar-refractivity contribution is 6.25.